The molecule has 4 rings (SSSR count). The van der Waals surface area contributed by atoms with Gasteiger partial charge < -0.3 is 9.30 Å². The first-order valence-electron chi connectivity index (χ1n) is 8.65. The van der Waals surface area contributed by atoms with Gasteiger partial charge in [0.25, 0.3) is 5.56 Å². The van der Waals surface area contributed by atoms with E-state index in [0.29, 0.717) is 5.69 Å². The Kier molecular flexibility index (Phi) is 4.46. The van der Waals surface area contributed by atoms with Crippen molar-refractivity contribution in [3.05, 3.63) is 88.0 Å². The minimum absolute atomic E-state index is 0.0165. The Hall–Kier alpha value is -3.81. The van der Waals surface area contributed by atoms with E-state index in [-0.39, 0.29) is 22.5 Å². The molecule has 0 aliphatic carbocycles. The number of methoxy groups -OCH3 is 1. The number of pyridine rings is 1. The molecule has 2 aliphatic heterocycles. The smallest absolute Gasteiger partial charge is 0.341 e. The molecule has 2 aromatic carbocycles. The average Bonchev–Trinajstić information content (AvgIpc) is 3.03. The molecule has 2 aliphatic rings. The van der Waals surface area contributed by atoms with Gasteiger partial charge >= 0.3 is 5.97 Å². The fraction of sp³-hybridized carbons (Fsp3) is 0.0952. The number of rotatable bonds is 3. The van der Waals surface area contributed by atoms with Gasteiger partial charge in [0.2, 0.25) is 0 Å². The van der Waals surface area contributed by atoms with Crippen molar-refractivity contribution in [1.29, 1.82) is 0 Å². The van der Waals surface area contributed by atoms with E-state index < -0.39 is 23.2 Å². The van der Waals surface area contributed by atoms with Gasteiger partial charge in [-0.1, -0.05) is 12.1 Å². The second kappa shape index (κ2) is 6.97. The third kappa shape index (κ3) is 3.18. The third-order valence-electron chi connectivity index (χ3n) is 4.51. The third-order valence-corrected chi connectivity index (χ3v) is 4.51. The number of fused-ring (bicyclic) bond motifs is 1. The molecule has 2 aromatic rings. The van der Waals surface area contributed by atoms with Gasteiger partial charge in [0.1, 0.15) is 22.9 Å². The van der Waals surface area contributed by atoms with Crippen LogP contribution in [0.15, 0.2) is 59.7 Å². The maximum atomic E-state index is 14.3. The normalized spacial score (nSPS) is 11.0. The van der Waals surface area contributed by atoms with Crippen molar-refractivity contribution < 1.29 is 18.3 Å². The molecule has 29 heavy (non-hydrogen) atoms. The number of halogens is 2. The van der Waals surface area contributed by atoms with Gasteiger partial charge in [-0.3, -0.25) is 4.79 Å². The van der Waals surface area contributed by atoms with Crippen molar-refractivity contribution in [3.63, 3.8) is 0 Å². The summed E-state index contributed by atoms with van der Waals surface area (Å²) in [6, 6.07) is 10.2. The SMILES string of the molecule is COC(=O)c1cn(-c2ccc(F)cc2F)cc2c(=O)n(-c3cccc(C)c3)nc1-2. The minimum Gasteiger partial charge on any atom is -0.465 e. The van der Waals surface area contributed by atoms with Gasteiger partial charge in [-0.15, -0.1) is 0 Å². The number of nitrogens with zero attached hydrogens (tertiary/aromatic N) is 3. The zero-order valence-corrected chi connectivity index (χ0v) is 15.5. The second-order valence-electron chi connectivity index (χ2n) is 6.48. The molecule has 0 amide bonds. The quantitative estimate of drug-likeness (QED) is 0.498. The molecule has 8 heteroatoms. The van der Waals surface area contributed by atoms with Crippen LogP contribution in [0.1, 0.15) is 15.9 Å². The monoisotopic (exact) mass is 395 g/mol. The number of carbonyl (C=O) groups is 1. The van der Waals surface area contributed by atoms with E-state index in [0.717, 1.165) is 17.7 Å². The van der Waals surface area contributed by atoms with E-state index in [1.54, 1.807) is 18.2 Å². The number of hydrogen-bond donors (Lipinski definition) is 0. The molecule has 0 unspecified atom stereocenters. The maximum Gasteiger partial charge on any atom is 0.341 e. The van der Waals surface area contributed by atoms with Crippen LogP contribution in [0.5, 0.6) is 0 Å². The fourth-order valence-corrected chi connectivity index (χ4v) is 3.13. The Balaban J connectivity index is 2.01. The largest absolute Gasteiger partial charge is 0.465 e. The molecule has 0 bridgehead atoms. The summed E-state index contributed by atoms with van der Waals surface area (Å²) in [4.78, 5) is 25.3. The lowest BCUT2D eigenvalue weighted by molar-refractivity contribution is 0.0600. The lowest BCUT2D eigenvalue weighted by atomic mass is 10.1. The van der Waals surface area contributed by atoms with E-state index in [1.165, 1.54) is 34.8 Å². The van der Waals surface area contributed by atoms with Gasteiger partial charge in [-0.05, 0) is 36.8 Å². The van der Waals surface area contributed by atoms with Crippen LogP contribution >= 0.6 is 0 Å². The van der Waals surface area contributed by atoms with E-state index in [2.05, 4.69) is 5.10 Å². The molecule has 0 atom stereocenters. The van der Waals surface area contributed by atoms with Crippen LogP contribution < -0.4 is 5.56 Å². The van der Waals surface area contributed by atoms with Crippen molar-refractivity contribution in [2.75, 3.05) is 7.11 Å². The fourth-order valence-electron chi connectivity index (χ4n) is 3.13. The molecule has 0 fully saturated rings. The first-order chi connectivity index (χ1) is 13.9. The van der Waals surface area contributed by atoms with Crippen LogP contribution in [-0.4, -0.2) is 27.4 Å². The van der Waals surface area contributed by atoms with Crippen LogP contribution in [-0.2, 0) is 4.74 Å². The molecule has 2 heterocycles. The highest BCUT2D eigenvalue weighted by Gasteiger charge is 2.25. The molecular formula is C21H15F2N3O3. The van der Waals surface area contributed by atoms with Crippen molar-refractivity contribution in [2.24, 2.45) is 0 Å². The Labute approximate surface area is 163 Å². The predicted octanol–water partition coefficient (Wildman–Crippen LogP) is 3.50. The number of esters is 1. The first kappa shape index (κ1) is 18.5. The molecule has 6 nitrogen and oxygen atoms in total. The van der Waals surface area contributed by atoms with E-state index in [4.69, 9.17) is 4.74 Å². The Morgan fingerprint density at radius 2 is 1.90 bits per heavy atom. The molecular weight excluding hydrogens is 380 g/mol. The van der Waals surface area contributed by atoms with Crippen LogP contribution in [0.2, 0.25) is 0 Å². The Bertz CT molecular complexity index is 1280. The lowest BCUT2D eigenvalue weighted by Crippen LogP contribution is -2.15. The topological polar surface area (TPSA) is 66.1 Å². The van der Waals surface area contributed by atoms with Crippen LogP contribution in [0.25, 0.3) is 22.6 Å². The van der Waals surface area contributed by atoms with Crippen molar-refractivity contribution in [2.45, 2.75) is 6.92 Å². The Morgan fingerprint density at radius 3 is 2.59 bits per heavy atom. The van der Waals surface area contributed by atoms with Crippen molar-refractivity contribution in [3.8, 4) is 22.6 Å². The molecule has 0 spiro atoms. The summed E-state index contributed by atoms with van der Waals surface area (Å²) in [5, 5.41) is 4.30. The number of aryl methyl sites for hydroxylation is 1. The number of benzene rings is 2. The average molecular weight is 395 g/mol. The zero-order valence-electron chi connectivity index (χ0n) is 15.5. The van der Waals surface area contributed by atoms with Gasteiger partial charge in [0, 0.05) is 18.5 Å². The van der Waals surface area contributed by atoms with Crippen LogP contribution in [0, 0.1) is 18.6 Å². The van der Waals surface area contributed by atoms with Crippen LogP contribution in [0.4, 0.5) is 8.78 Å². The summed E-state index contributed by atoms with van der Waals surface area (Å²) < 4.78 is 34.8. The van der Waals surface area contributed by atoms with Crippen LogP contribution in [0.3, 0.4) is 0 Å². The number of aromatic nitrogens is 3. The van der Waals surface area contributed by atoms with E-state index in [1.807, 2.05) is 13.0 Å². The summed E-state index contributed by atoms with van der Waals surface area (Å²) in [5.74, 6) is -2.32. The van der Waals surface area contributed by atoms with E-state index >= 15 is 0 Å². The predicted molar refractivity (Wildman–Crippen MR) is 102 cm³/mol. The highest BCUT2D eigenvalue weighted by atomic mass is 19.1. The summed E-state index contributed by atoms with van der Waals surface area (Å²) in [7, 11) is 1.19. The Morgan fingerprint density at radius 1 is 1.10 bits per heavy atom. The van der Waals surface area contributed by atoms with Crippen molar-refractivity contribution in [1.82, 2.24) is 14.3 Å². The maximum absolute atomic E-state index is 14.3. The minimum atomic E-state index is -0.844. The van der Waals surface area contributed by atoms with Gasteiger partial charge in [-0.25, -0.2) is 13.6 Å². The molecule has 0 aromatic heterocycles. The van der Waals surface area contributed by atoms with E-state index in [9.17, 15) is 18.4 Å². The standard InChI is InChI=1S/C21H15F2N3O3/c1-12-4-3-5-14(8-12)26-20(27)15-10-25(18-7-6-13(22)9-17(18)23)11-16(19(15)24-26)21(28)29-2/h3-11H,1-2H3. The summed E-state index contributed by atoms with van der Waals surface area (Å²) >= 11 is 0. The van der Waals surface area contributed by atoms with Gasteiger partial charge in [0.05, 0.1) is 24.0 Å². The van der Waals surface area contributed by atoms with Gasteiger partial charge in [-0.2, -0.15) is 9.78 Å². The molecule has 146 valence electrons. The highest BCUT2D eigenvalue weighted by molar-refractivity contribution is 5.96. The lowest BCUT2D eigenvalue weighted by Gasteiger charge is -2.12. The summed E-state index contributed by atoms with van der Waals surface area (Å²) in [6.45, 7) is 1.88. The van der Waals surface area contributed by atoms with Crippen molar-refractivity contribution >= 4 is 5.97 Å². The summed E-state index contributed by atoms with van der Waals surface area (Å²) in [6.07, 6.45) is 2.66. The molecule has 0 saturated heterocycles. The molecule has 0 radical (unpaired) electrons. The molecule has 0 N–H and O–H groups in total. The number of hydrogen-bond acceptors (Lipinski definition) is 4. The number of carbonyl (C=O) groups excluding carboxylic acids is 1. The first-order valence-corrected chi connectivity index (χ1v) is 8.65. The van der Waals surface area contributed by atoms with Gasteiger partial charge in [0.15, 0.2) is 0 Å². The zero-order chi connectivity index (χ0) is 20.7. The highest BCUT2D eigenvalue weighted by Crippen LogP contribution is 2.26. The second-order valence-corrected chi connectivity index (χ2v) is 6.48. The summed E-state index contributed by atoms with van der Waals surface area (Å²) in [5.41, 5.74) is 1.16. The number of ether oxygens (including phenoxy) is 1. The molecule has 0 saturated carbocycles.